The second-order valence-electron chi connectivity index (χ2n) is 8.52. The maximum atomic E-state index is 13.9. The van der Waals surface area contributed by atoms with Crippen LogP contribution < -0.4 is 4.90 Å². The Morgan fingerprint density at radius 1 is 1.03 bits per heavy atom. The van der Waals surface area contributed by atoms with Gasteiger partial charge in [0.1, 0.15) is 4.21 Å². The zero-order chi connectivity index (χ0) is 24.3. The molecular weight excluding hydrogens is 476 g/mol. The molecule has 6 nitrogen and oxygen atoms in total. The number of fused-ring (bicyclic) bond motifs is 1. The number of nitriles is 1. The van der Waals surface area contributed by atoms with Gasteiger partial charge in [-0.05, 0) is 58.8 Å². The van der Waals surface area contributed by atoms with Crippen molar-refractivity contribution in [3.05, 3.63) is 113 Å². The number of thiophene rings is 1. The molecule has 2 aromatic heterocycles. The van der Waals surface area contributed by atoms with Crippen LogP contribution in [0.4, 0.5) is 5.69 Å². The Balaban J connectivity index is 1.62. The van der Waals surface area contributed by atoms with E-state index in [9.17, 15) is 13.7 Å². The average Bonchev–Trinajstić information content (AvgIpc) is 3.39. The lowest BCUT2D eigenvalue weighted by atomic mass is 10.1. The Bertz CT molecular complexity index is 1430. The number of pyridine rings is 1. The Hall–Kier alpha value is -3.51. The molecule has 0 fully saturated rings. The zero-order valence-corrected chi connectivity index (χ0v) is 20.6. The zero-order valence-electron chi connectivity index (χ0n) is 19.0. The molecular formula is C27H24N4O2S2. The van der Waals surface area contributed by atoms with Crippen LogP contribution in [0.5, 0.6) is 0 Å². The van der Waals surface area contributed by atoms with Crippen molar-refractivity contribution >= 4 is 27.0 Å². The first-order valence-corrected chi connectivity index (χ1v) is 13.6. The summed E-state index contributed by atoms with van der Waals surface area (Å²) >= 11 is 1.23. The van der Waals surface area contributed by atoms with Crippen LogP contribution in [-0.4, -0.2) is 30.3 Å². The number of aromatic nitrogens is 1. The second kappa shape index (κ2) is 10.0. The van der Waals surface area contributed by atoms with E-state index in [0.29, 0.717) is 29.3 Å². The normalized spacial score (nSPS) is 16.3. The maximum Gasteiger partial charge on any atom is 0.253 e. The second-order valence-corrected chi connectivity index (χ2v) is 11.6. The molecule has 1 atom stereocenters. The Morgan fingerprint density at radius 3 is 2.57 bits per heavy atom. The number of hydrogen-bond acceptors (Lipinski definition) is 6. The Morgan fingerprint density at radius 2 is 1.86 bits per heavy atom. The third kappa shape index (κ3) is 4.98. The van der Waals surface area contributed by atoms with Crippen molar-refractivity contribution in [1.29, 1.82) is 5.26 Å². The van der Waals surface area contributed by atoms with Crippen molar-refractivity contribution in [2.75, 3.05) is 11.4 Å². The van der Waals surface area contributed by atoms with Crippen LogP contribution in [0.15, 0.2) is 94.8 Å². The van der Waals surface area contributed by atoms with Crippen LogP contribution >= 0.6 is 11.3 Å². The van der Waals surface area contributed by atoms with E-state index in [1.807, 2.05) is 60.8 Å². The van der Waals surface area contributed by atoms with Crippen LogP contribution in [0.1, 0.15) is 22.3 Å². The van der Waals surface area contributed by atoms with Gasteiger partial charge in [0.25, 0.3) is 10.0 Å². The number of nitrogens with zero attached hydrogens (tertiary/aromatic N) is 4. The quantitative estimate of drug-likeness (QED) is 0.379. The van der Waals surface area contributed by atoms with Crippen LogP contribution in [0.2, 0.25) is 0 Å². The van der Waals surface area contributed by atoms with E-state index in [1.165, 1.54) is 11.3 Å². The number of anilines is 1. The SMILES string of the molecule is N#Cc1ccc2c(c1)CN(S(=O)(=O)c1cccs1)[C@H](Cc1ccccc1)CN2Cc1cccnc1. The molecule has 0 saturated carbocycles. The highest BCUT2D eigenvalue weighted by atomic mass is 32.2. The van der Waals surface area contributed by atoms with Crippen molar-refractivity contribution in [3.63, 3.8) is 0 Å². The summed E-state index contributed by atoms with van der Waals surface area (Å²) in [5.74, 6) is 0. The third-order valence-electron chi connectivity index (χ3n) is 6.18. The van der Waals surface area contributed by atoms with Crippen LogP contribution in [0.25, 0.3) is 0 Å². The average molecular weight is 501 g/mol. The number of benzene rings is 2. The van der Waals surface area contributed by atoms with Crippen molar-refractivity contribution in [2.45, 2.75) is 29.8 Å². The van der Waals surface area contributed by atoms with E-state index in [2.05, 4.69) is 16.0 Å². The van der Waals surface area contributed by atoms with Crippen molar-refractivity contribution in [3.8, 4) is 6.07 Å². The predicted molar refractivity (Wildman–Crippen MR) is 137 cm³/mol. The molecule has 8 heteroatoms. The van der Waals surface area contributed by atoms with Gasteiger partial charge in [-0.3, -0.25) is 4.98 Å². The van der Waals surface area contributed by atoms with Gasteiger partial charge in [-0.15, -0.1) is 11.3 Å². The van der Waals surface area contributed by atoms with Crippen molar-refractivity contribution in [2.24, 2.45) is 0 Å². The molecule has 2 aromatic carbocycles. The van der Waals surface area contributed by atoms with Crippen molar-refractivity contribution in [1.82, 2.24) is 9.29 Å². The summed E-state index contributed by atoms with van der Waals surface area (Å²) in [5, 5.41) is 11.3. The maximum absolute atomic E-state index is 13.9. The minimum absolute atomic E-state index is 0.201. The first kappa shape index (κ1) is 23.2. The van der Waals surface area contributed by atoms with E-state index < -0.39 is 10.0 Å². The molecule has 1 aliphatic rings. The molecule has 0 aliphatic carbocycles. The molecule has 4 aromatic rings. The van der Waals surface area contributed by atoms with Gasteiger partial charge in [0.15, 0.2) is 0 Å². The van der Waals surface area contributed by atoms with Gasteiger partial charge in [0.05, 0.1) is 11.6 Å². The number of sulfonamides is 1. The molecule has 176 valence electrons. The topological polar surface area (TPSA) is 77.3 Å². The molecule has 0 unspecified atom stereocenters. The first-order chi connectivity index (χ1) is 17.0. The summed E-state index contributed by atoms with van der Waals surface area (Å²) in [5.41, 5.74) is 4.39. The Labute approximate surface area is 209 Å². The molecule has 0 N–H and O–H groups in total. The predicted octanol–water partition coefficient (Wildman–Crippen LogP) is 4.84. The first-order valence-electron chi connectivity index (χ1n) is 11.3. The fourth-order valence-electron chi connectivity index (χ4n) is 4.55. The molecule has 1 aliphatic heterocycles. The number of rotatable bonds is 6. The molecule has 0 amide bonds. The lowest BCUT2D eigenvalue weighted by molar-refractivity contribution is 0.318. The summed E-state index contributed by atoms with van der Waals surface area (Å²) in [7, 11) is -3.74. The van der Waals surface area contributed by atoms with E-state index in [0.717, 1.165) is 22.4 Å². The highest BCUT2D eigenvalue weighted by Gasteiger charge is 2.37. The highest BCUT2D eigenvalue weighted by molar-refractivity contribution is 7.91. The minimum Gasteiger partial charge on any atom is -0.365 e. The summed E-state index contributed by atoms with van der Waals surface area (Å²) in [6.45, 7) is 1.30. The summed E-state index contributed by atoms with van der Waals surface area (Å²) in [4.78, 5) is 6.47. The van der Waals surface area contributed by atoms with Gasteiger partial charge in [0, 0.05) is 43.8 Å². The lowest BCUT2D eigenvalue weighted by Gasteiger charge is -2.32. The molecule has 5 rings (SSSR count). The summed E-state index contributed by atoms with van der Waals surface area (Å²) < 4.78 is 29.7. The van der Waals surface area contributed by atoms with E-state index in [-0.39, 0.29) is 12.6 Å². The van der Waals surface area contributed by atoms with Gasteiger partial charge in [0.2, 0.25) is 0 Å². The fourth-order valence-corrected chi connectivity index (χ4v) is 7.27. The lowest BCUT2D eigenvalue weighted by Crippen LogP contribution is -2.45. The standard InChI is InChI=1S/C27H24N4O2S2/c28-16-22-10-11-26-24(14-22)19-31(35(32,33)27-9-5-13-34-27)25(15-21-6-2-1-3-7-21)20-30(26)18-23-8-4-12-29-17-23/h1-14,17,25H,15,18-20H2/t25-/m1/s1. The minimum atomic E-state index is -3.74. The molecule has 35 heavy (non-hydrogen) atoms. The summed E-state index contributed by atoms with van der Waals surface area (Å²) in [6, 6.07) is 24.8. The smallest absolute Gasteiger partial charge is 0.253 e. The largest absolute Gasteiger partial charge is 0.365 e. The molecule has 0 saturated heterocycles. The van der Waals surface area contributed by atoms with Gasteiger partial charge in [-0.2, -0.15) is 9.57 Å². The molecule has 0 radical (unpaired) electrons. The van der Waals surface area contributed by atoms with Gasteiger partial charge in [-0.25, -0.2) is 8.42 Å². The van der Waals surface area contributed by atoms with Crippen LogP contribution in [0, 0.1) is 11.3 Å². The highest BCUT2D eigenvalue weighted by Crippen LogP contribution is 2.34. The monoisotopic (exact) mass is 500 g/mol. The molecule has 0 bridgehead atoms. The van der Waals surface area contributed by atoms with E-state index in [4.69, 9.17) is 0 Å². The molecule has 3 heterocycles. The van der Waals surface area contributed by atoms with Gasteiger partial charge >= 0.3 is 0 Å². The van der Waals surface area contributed by atoms with E-state index in [1.54, 1.807) is 34.1 Å². The van der Waals surface area contributed by atoms with Gasteiger partial charge in [-0.1, -0.05) is 42.5 Å². The number of hydrogen-bond donors (Lipinski definition) is 0. The van der Waals surface area contributed by atoms with Crippen LogP contribution in [-0.2, 0) is 29.5 Å². The fraction of sp³-hybridized carbons (Fsp3) is 0.185. The summed E-state index contributed by atoms with van der Waals surface area (Å²) in [6.07, 6.45) is 4.15. The Kier molecular flexibility index (Phi) is 6.64. The van der Waals surface area contributed by atoms with Crippen LogP contribution in [0.3, 0.4) is 0 Å². The van der Waals surface area contributed by atoms with Crippen molar-refractivity contribution < 1.29 is 8.42 Å². The third-order valence-corrected chi connectivity index (χ3v) is 9.45. The molecule has 0 spiro atoms. The van der Waals surface area contributed by atoms with E-state index >= 15 is 0 Å². The van der Waals surface area contributed by atoms with Gasteiger partial charge < -0.3 is 4.90 Å².